The summed E-state index contributed by atoms with van der Waals surface area (Å²) < 4.78 is 38.7. The van der Waals surface area contributed by atoms with E-state index in [0.29, 0.717) is 0 Å². The summed E-state index contributed by atoms with van der Waals surface area (Å²) in [5, 5.41) is 14.1. The van der Waals surface area contributed by atoms with Crippen molar-refractivity contribution in [3.05, 3.63) is 35.1 Å². The van der Waals surface area contributed by atoms with Crippen LogP contribution >= 0.6 is 0 Å². The summed E-state index contributed by atoms with van der Waals surface area (Å²) in [6.07, 6.45) is 0.172. The molecule has 0 aliphatic carbocycles. The van der Waals surface area contributed by atoms with Crippen LogP contribution in [0.4, 0.5) is 18.0 Å². The van der Waals surface area contributed by atoms with E-state index >= 15 is 0 Å². The van der Waals surface area contributed by atoms with Gasteiger partial charge in [-0.3, -0.25) is 0 Å². The third-order valence-electron chi connectivity index (χ3n) is 3.24. The lowest BCUT2D eigenvalue weighted by molar-refractivity contribution is 0.200. The van der Waals surface area contributed by atoms with Crippen molar-refractivity contribution in [2.75, 3.05) is 13.2 Å². The van der Waals surface area contributed by atoms with E-state index in [0.717, 1.165) is 12.1 Å². The van der Waals surface area contributed by atoms with Gasteiger partial charge in [-0.1, -0.05) is 6.92 Å². The Morgan fingerprint density at radius 3 is 2.33 bits per heavy atom. The summed E-state index contributed by atoms with van der Waals surface area (Å²) in [5.74, 6) is -4.09. The van der Waals surface area contributed by atoms with Crippen LogP contribution < -0.4 is 10.6 Å². The van der Waals surface area contributed by atoms with Gasteiger partial charge in [0.25, 0.3) is 0 Å². The lowest BCUT2D eigenvalue weighted by atomic mass is 10.1. The van der Waals surface area contributed by atoms with Gasteiger partial charge in [0.15, 0.2) is 17.5 Å². The fourth-order valence-corrected chi connectivity index (χ4v) is 1.63. The number of nitrogens with one attached hydrogen (secondary N) is 2. The Morgan fingerprint density at radius 1 is 1.24 bits per heavy atom. The van der Waals surface area contributed by atoms with E-state index in [4.69, 9.17) is 5.11 Å². The molecule has 1 rings (SSSR count). The number of halogens is 3. The van der Waals surface area contributed by atoms with Crippen molar-refractivity contribution < 1.29 is 23.1 Å². The van der Waals surface area contributed by atoms with Gasteiger partial charge < -0.3 is 15.7 Å². The first-order valence-electron chi connectivity index (χ1n) is 6.63. The van der Waals surface area contributed by atoms with Gasteiger partial charge in [0, 0.05) is 19.2 Å². The molecule has 2 atom stereocenters. The van der Waals surface area contributed by atoms with Crippen LogP contribution in [0, 0.1) is 23.4 Å². The number of hydrogen-bond donors (Lipinski definition) is 3. The van der Waals surface area contributed by atoms with E-state index in [-0.39, 0.29) is 37.1 Å². The van der Waals surface area contributed by atoms with Gasteiger partial charge in [-0.2, -0.15) is 0 Å². The smallest absolute Gasteiger partial charge is 0.315 e. The molecule has 4 nitrogen and oxygen atoms in total. The summed E-state index contributed by atoms with van der Waals surface area (Å²) >= 11 is 0. The molecule has 21 heavy (non-hydrogen) atoms. The zero-order valence-corrected chi connectivity index (χ0v) is 11.9. The Labute approximate surface area is 121 Å². The number of urea groups is 1. The van der Waals surface area contributed by atoms with Crippen LogP contribution in [-0.4, -0.2) is 30.3 Å². The largest absolute Gasteiger partial charge is 0.396 e. The second-order valence-corrected chi connectivity index (χ2v) is 4.97. The Kier molecular flexibility index (Phi) is 6.48. The molecule has 0 radical (unpaired) electrons. The zero-order chi connectivity index (χ0) is 16.0. The fourth-order valence-electron chi connectivity index (χ4n) is 1.63. The van der Waals surface area contributed by atoms with E-state index in [1.54, 1.807) is 13.8 Å². The molecule has 2 unspecified atom stereocenters. The van der Waals surface area contributed by atoms with Crippen LogP contribution in [0.25, 0.3) is 0 Å². The van der Waals surface area contributed by atoms with Crippen molar-refractivity contribution >= 4 is 6.03 Å². The highest BCUT2D eigenvalue weighted by Gasteiger charge is 2.14. The molecule has 0 bridgehead atoms. The molecular weight excluding hydrogens is 285 g/mol. The van der Waals surface area contributed by atoms with Crippen molar-refractivity contribution in [3.63, 3.8) is 0 Å². The Balaban J connectivity index is 2.42. The second kappa shape index (κ2) is 7.87. The number of amides is 2. The van der Waals surface area contributed by atoms with Crippen molar-refractivity contribution in [1.82, 2.24) is 10.6 Å². The van der Waals surface area contributed by atoms with Gasteiger partial charge >= 0.3 is 6.03 Å². The van der Waals surface area contributed by atoms with E-state index in [1.165, 1.54) is 0 Å². The van der Waals surface area contributed by atoms with E-state index < -0.39 is 23.5 Å². The van der Waals surface area contributed by atoms with Crippen molar-refractivity contribution in [2.24, 2.45) is 5.92 Å². The van der Waals surface area contributed by atoms with Crippen LogP contribution in [0.1, 0.15) is 19.4 Å². The Bertz CT molecular complexity index is 474. The number of carbonyl (C=O) groups is 1. The third-order valence-corrected chi connectivity index (χ3v) is 3.24. The average molecular weight is 304 g/mol. The fraction of sp³-hybridized carbons (Fsp3) is 0.500. The number of aliphatic hydroxyl groups is 1. The van der Waals surface area contributed by atoms with E-state index in [9.17, 15) is 18.0 Å². The molecule has 0 heterocycles. The zero-order valence-electron chi connectivity index (χ0n) is 11.9. The second-order valence-electron chi connectivity index (χ2n) is 4.97. The minimum absolute atomic E-state index is 0.0461. The molecule has 118 valence electrons. The monoisotopic (exact) mass is 304 g/mol. The van der Waals surface area contributed by atoms with E-state index in [2.05, 4.69) is 10.6 Å². The predicted octanol–water partition coefficient (Wildman–Crippen LogP) is 1.96. The van der Waals surface area contributed by atoms with Crippen molar-refractivity contribution in [3.8, 4) is 0 Å². The van der Waals surface area contributed by atoms with Crippen LogP contribution in [-0.2, 0) is 6.42 Å². The topological polar surface area (TPSA) is 61.4 Å². The van der Waals surface area contributed by atoms with Crippen molar-refractivity contribution in [2.45, 2.75) is 26.3 Å². The normalized spacial score (nSPS) is 13.6. The highest BCUT2D eigenvalue weighted by atomic mass is 19.2. The molecule has 0 aliphatic heterocycles. The maximum absolute atomic E-state index is 13.0. The van der Waals surface area contributed by atoms with Crippen LogP contribution in [0.15, 0.2) is 12.1 Å². The lowest BCUT2D eigenvalue weighted by Crippen LogP contribution is -2.44. The van der Waals surface area contributed by atoms with Gasteiger partial charge in [0.2, 0.25) is 0 Å². The summed E-state index contributed by atoms with van der Waals surface area (Å²) in [6.45, 7) is 3.65. The average Bonchev–Trinajstić information content (AvgIpc) is 2.43. The predicted molar refractivity (Wildman–Crippen MR) is 72.3 cm³/mol. The maximum atomic E-state index is 13.0. The van der Waals surface area contributed by atoms with Gasteiger partial charge in [0.1, 0.15) is 0 Å². The van der Waals surface area contributed by atoms with Gasteiger partial charge in [0.05, 0.1) is 0 Å². The SMILES string of the molecule is CC(CO)C(C)NC(=O)NCCc1cc(F)c(F)c(F)c1. The van der Waals surface area contributed by atoms with Crippen LogP contribution in [0.3, 0.4) is 0 Å². The summed E-state index contributed by atoms with van der Waals surface area (Å²) in [7, 11) is 0. The highest BCUT2D eigenvalue weighted by molar-refractivity contribution is 5.74. The summed E-state index contributed by atoms with van der Waals surface area (Å²) in [6, 6.07) is 1.14. The molecule has 3 N–H and O–H groups in total. The van der Waals surface area contributed by atoms with E-state index in [1.807, 2.05) is 0 Å². The number of aliphatic hydroxyl groups excluding tert-OH is 1. The number of carbonyl (C=O) groups excluding carboxylic acids is 1. The molecule has 1 aromatic rings. The third kappa shape index (κ3) is 5.26. The first-order valence-corrected chi connectivity index (χ1v) is 6.63. The Hall–Kier alpha value is -1.76. The molecular formula is C14H19F3N2O2. The van der Waals surface area contributed by atoms with Crippen LogP contribution in [0.5, 0.6) is 0 Å². The van der Waals surface area contributed by atoms with Crippen molar-refractivity contribution in [1.29, 1.82) is 0 Å². The molecule has 2 amide bonds. The molecule has 7 heteroatoms. The Morgan fingerprint density at radius 2 is 1.81 bits per heavy atom. The molecule has 0 saturated heterocycles. The maximum Gasteiger partial charge on any atom is 0.315 e. The molecule has 1 aromatic carbocycles. The molecule has 0 fully saturated rings. The quantitative estimate of drug-likeness (QED) is 0.704. The standard InChI is InChI=1S/C14H19F3N2O2/c1-8(7-20)9(2)19-14(21)18-4-3-10-5-11(15)13(17)12(16)6-10/h5-6,8-9,20H,3-4,7H2,1-2H3,(H2,18,19,21). The number of benzene rings is 1. The molecule has 0 aliphatic rings. The summed E-state index contributed by atoms with van der Waals surface area (Å²) in [5.41, 5.74) is 0.253. The molecule has 0 saturated carbocycles. The minimum Gasteiger partial charge on any atom is -0.396 e. The number of rotatable bonds is 6. The van der Waals surface area contributed by atoms with Gasteiger partial charge in [-0.05, 0) is 37.0 Å². The summed E-state index contributed by atoms with van der Waals surface area (Å²) in [4.78, 5) is 11.5. The molecule has 0 aromatic heterocycles. The minimum atomic E-state index is -1.50. The first kappa shape index (κ1) is 17.3. The lowest BCUT2D eigenvalue weighted by Gasteiger charge is -2.19. The number of hydrogen-bond acceptors (Lipinski definition) is 2. The van der Waals surface area contributed by atoms with Gasteiger partial charge in [-0.15, -0.1) is 0 Å². The van der Waals surface area contributed by atoms with Gasteiger partial charge in [-0.25, -0.2) is 18.0 Å². The molecule has 0 spiro atoms. The first-order chi connectivity index (χ1) is 9.85. The highest BCUT2D eigenvalue weighted by Crippen LogP contribution is 2.13. The van der Waals surface area contributed by atoms with Crippen LogP contribution in [0.2, 0.25) is 0 Å².